The highest BCUT2D eigenvalue weighted by Crippen LogP contribution is 2.38. The molecule has 0 radical (unpaired) electrons. The molecule has 0 unspecified atom stereocenters. The average molecular weight is 279 g/mol. The second-order valence-electron chi connectivity index (χ2n) is 7.52. The fraction of sp³-hybridized carbons (Fsp3) is 1.00. The van der Waals surface area contributed by atoms with Crippen molar-refractivity contribution in [2.24, 2.45) is 11.1 Å². The van der Waals surface area contributed by atoms with E-state index in [1.807, 2.05) is 0 Å². The molecule has 3 fully saturated rings. The van der Waals surface area contributed by atoms with E-state index in [0.29, 0.717) is 5.41 Å². The Labute approximate surface area is 124 Å². The van der Waals surface area contributed by atoms with Gasteiger partial charge in [0, 0.05) is 12.6 Å². The molecule has 1 aliphatic carbocycles. The maximum atomic E-state index is 6.10. The van der Waals surface area contributed by atoms with E-state index >= 15 is 0 Å². The van der Waals surface area contributed by atoms with Crippen LogP contribution < -0.4 is 5.73 Å². The number of rotatable bonds is 4. The van der Waals surface area contributed by atoms with Gasteiger partial charge in [-0.2, -0.15) is 0 Å². The number of hydrogen-bond acceptors (Lipinski definition) is 3. The van der Waals surface area contributed by atoms with Crippen molar-refractivity contribution in [1.82, 2.24) is 9.80 Å². The van der Waals surface area contributed by atoms with Crippen molar-refractivity contribution < 1.29 is 0 Å². The summed E-state index contributed by atoms with van der Waals surface area (Å²) in [5.74, 6) is 0. The quantitative estimate of drug-likeness (QED) is 0.858. The van der Waals surface area contributed by atoms with E-state index in [1.165, 1.54) is 90.5 Å². The second kappa shape index (κ2) is 6.76. The van der Waals surface area contributed by atoms with E-state index in [4.69, 9.17) is 5.73 Å². The standard InChI is InChI=1S/C17H33N3/c18-14-17(8-2-3-9-17)15-19-12-6-16(7-13-19)20-10-4-1-5-11-20/h16H,1-15,18H2. The molecule has 0 aromatic rings. The smallest absolute Gasteiger partial charge is 0.0120 e. The first-order valence-corrected chi connectivity index (χ1v) is 8.98. The van der Waals surface area contributed by atoms with Gasteiger partial charge in [0.15, 0.2) is 0 Å². The topological polar surface area (TPSA) is 32.5 Å². The molecule has 2 N–H and O–H groups in total. The summed E-state index contributed by atoms with van der Waals surface area (Å²) in [6.45, 7) is 7.51. The average Bonchev–Trinajstić information content (AvgIpc) is 2.98. The van der Waals surface area contributed by atoms with Crippen molar-refractivity contribution in [1.29, 1.82) is 0 Å². The zero-order valence-electron chi connectivity index (χ0n) is 13.2. The summed E-state index contributed by atoms with van der Waals surface area (Å²) in [5, 5.41) is 0. The first-order valence-electron chi connectivity index (χ1n) is 8.98. The molecule has 2 heterocycles. The van der Waals surface area contributed by atoms with Crippen molar-refractivity contribution in [3.63, 3.8) is 0 Å². The van der Waals surface area contributed by atoms with Gasteiger partial charge in [-0.1, -0.05) is 19.3 Å². The van der Waals surface area contributed by atoms with E-state index in [0.717, 1.165) is 12.6 Å². The minimum atomic E-state index is 0.470. The lowest BCUT2D eigenvalue weighted by Crippen LogP contribution is -2.49. The Bertz CT molecular complexity index is 285. The molecule has 3 aliphatic rings. The fourth-order valence-electron chi connectivity index (χ4n) is 4.75. The minimum absolute atomic E-state index is 0.470. The molecule has 0 atom stereocenters. The maximum Gasteiger partial charge on any atom is 0.0120 e. The van der Waals surface area contributed by atoms with Crippen molar-refractivity contribution in [2.75, 3.05) is 39.3 Å². The van der Waals surface area contributed by atoms with Crippen LogP contribution in [0.2, 0.25) is 0 Å². The molecule has 0 amide bonds. The van der Waals surface area contributed by atoms with Crippen LogP contribution in [0.4, 0.5) is 0 Å². The Hall–Kier alpha value is -0.120. The van der Waals surface area contributed by atoms with Gasteiger partial charge in [-0.3, -0.25) is 0 Å². The largest absolute Gasteiger partial charge is 0.330 e. The van der Waals surface area contributed by atoms with Crippen molar-refractivity contribution in [2.45, 2.75) is 63.8 Å². The van der Waals surface area contributed by atoms with Gasteiger partial charge >= 0.3 is 0 Å². The molecule has 20 heavy (non-hydrogen) atoms. The number of likely N-dealkylation sites (tertiary alicyclic amines) is 2. The molecular formula is C17H33N3. The number of hydrogen-bond donors (Lipinski definition) is 1. The molecule has 3 heteroatoms. The summed E-state index contributed by atoms with van der Waals surface area (Å²) in [4.78, 5) is 5.49. The highest BCUT2D eigenvalue weighted by Gasteiger charge is 2.35. The Morgan fingerprint density at radius 3 is 2.10 bits per heavy atom. The van der Waals surface area contributed by atoms with Crippen LogP contribution in [0.3, 0.4) is 0 Å². The van der Waals surface area contributed by atoms with Crippen LogP contribution in [-0.4, -0.2) is 55.1 Å². The predicted molar refractivity (Wildman–Crippen MR) is 84.8 cm³/mol. The first kappa shape index (κ1) is 14.8. The number of nitrogens with two attached hydrogens (primary N) is 1. The zero-order valence-corrected chi connectivity index (χ0v) is 13.2. The molecule has 2 saturated heterocycles. The molecule has 0 spiro atoms. The van der Waals surface area contributed by atoms with Crippen molar-refractivity contribution in [3.05, 3.63) is 0 Å². The van der Waals surface area contributed by atoms with Gasteiger partial charge < -0.3 is 15.5 Å². The van der Waals surface area contributed by atoms with Gasteiger partial charge in [-0.25, -0.2) is 0 Å². The van der Waals surface area contributed by atoms with Gasteiger partial charge in [-0.15, -0.1) is 0 Å². The van der Waals surface area contributed by atoms with E-state index in [1.54, 1.807) is 0 Å². The molecule has 2 aliphatic heterocycles. The third kappa shape index (κ3) is 3.37. The molecule has 3 nitrogen and oxygen atoms in total. The lowest BCUT2D eigenvalue weighted by molar-refractivity contribution is 0.0694. The van der Waals surface area contributed by atoms with Gasteiger partial charge in [0.25, 0.3) is 0 Å². The molecule has 3 rings (SSSR count). The van der Waals surface area contributed by atoms with Gasteiger partial charge in [0.2, 0.25) is 0 Å². The summed E-state index contributed by atoms with van der Waals surface area (Å²) < 4.78 is 0. The third-order valence-electron chi connectivity index (χ3n) is 6.12. The summed E-state index contributed by atoms with van der Waals surface area (Å²) in [5.41, 5.74) is 6.57. The monoisotopic (exact) mass is 279 g/mol. The third-order valence-corrected chi connectivity index (χ3v) is 6.12. The van der Waals surface area contributed by atoms with Gasteiger partial charge in [-0.05, 0) is 76.7 Å². The second-order valence-corrected chi connectivity index (χ2v) is 7.52. The highest BCUT2D eigenvalue weighted by atomic mass is 15.2. The Balaban J connectivity index is 1.46. The maximum absolute atomic E-state index is 6.10. The fourth-order valence-corrected chi connectivity index (χ4v) is 4.75. The summed E-state index contributed by atoms with van der Waals surface area (Å²) >= 11 is 0. The van der Waals surface area contributed by atoms with Gasteiger partial charge in [0.05, 0.1) is 0 Å². The predicted octanol–water partition coefficient (Wildman–Crippen LogP) is 2.46. The van der Waals surface area contributed by atoms with Crippen molar-refractivity contribution >= 4 is 0 Å². The minimum Gasteiger partial charge on any atom is -0.330 e. The number of piperidine rings is 2. The normalized spacial score (nSPS) is 29.9. The summed E-state index contributed by atoms with van der Waals surface area (Å²) in [6.07, 6.45) is 12.6. The highest BCUT2D eigenvalue weighted by molar-refractivity contribution is 4.90. The first-order chi connectivity index (χ1) is 9.81. The Morgan fingerprint density at radius 2 is 1.50 bits per heavy atom. The lowest BCUT2D eigenvalue weighted by atomic mass is 9.85. The van der Waals surface area contributed by atoms with E-state index in [2.05, 4.69) is 9.80 Å². The van der Waals surface area contributed by atoms with Crippen LogP contribution in [0.25, 0.3) is 0 Å². The van der Waals surface area contributed by atoms with Crippen LogP contribution in [-0.2, 0) is 0 Å². The van der Waals surface area contributed by atoms with E-state index in [-0.39, 0.29) is 0 Å². The summed E-state index contributed by atoms with van der Waals surface area (Å²) in [7, 11) is 0. The van der Waals surface area contributed by atoms with Gasteiger partial charge in [0.1, 0.15) is 0 Å². The molecule has 0 aromatic carbocycles. The Morgan fingerprint density at radius 1 is 0.850 bits per heavy atom. The van der Waals surface area contributed by atoms with Crippen LogP contribution >= 0.6 is 0 Å². The lowest BCUT2D eigenvalue weighted by Gasteiger charge is -2.42. The Kier molecular flexibility index (Phi) is 5.00. The van der Waals surface area contributed by atoms with Crippen LogP contribution in [0.1, 0.15) is 57.8 Å². The molecule has 116 valence electrons. The van der Waals surface area contributed by atoms with Crippen LogP contribution in [0, 0.1) is 5.41 Å². The SMILES string of the molecule is NCC1(CN2CCC(N3CCCCC3)CC2)CCCC1. The van der Waals surface area contributed by atoms with Crippen molar-refractivity contribution in [3.8, 4) is 0 Å². The molecule has 1 saturated carbocycles. The van der Waals surface area contributed by atoms with E-state index < -0.39 is 0 Å². The van der Waals surface area contributed by atoms with Crippen LogP contribution in [0.15, 0.2) is 0 Å². The number of nitrogens with zero attached hydrogens (tertiary/aromatic N) is 2. The summed E-state index contributed by atoms with van der Waals surface area (Å²) in [6, 6.07) is 0.879. The molecule has 0 aromatic heterocycles. The zero-order chi connectivity index (χ0) is 13.8. The molecular weight excluding hydrogens is 246 g/mol. The van der Waals surface area contributed by atoms with E-state index in [9.17, 15) is 0 Å². The van der Waals surface area contributed by atoms with Crippen LogP contribution in [0.5, 0.6) is 0 Å². The molecule has 0 bridgehead atoms.